The second-order valence-electron chi connectivity index (χ2n) is 4.61. The Kier molecular flexibility index (Phi) is 3.24. The molecular weight excluding hydrogens is 276 g/mol. The smallest absolute Gasteiger partial charge is 0.255 e. The zero-order valence-electron chi connectivity index (χ0n) is 10.7. The molecule has 3 rings (SSSR count). The van der Waals surface area contributed by atoms with Crippen LogP contribution in [0.1, 0.15) is 15.9 Å². The van der Waals surface area contributed by atoms with E-state index in [4.69, 9.17) is 22.1 Å². The van der Waals surface area contributed by atoms with Gasteiger partial charge in [-0.15, -0.1) is 0 Å². The molecule has 2 aromatic rings. The van der Waals surface area contributed by atoms with Crippen molar-refractivity contribution in [3.8, 4) is 5.75 Å². The van der Waals surface area contributed by atoms with Gasteiger partial charge in [-0.3, -0.25) is 4.79 Å². The molecule has 1 amide bonds. The number of benzene rings is 2. The maximum absolute atomic E-state index is 12.2. The third kappa shape index (κ3) is 2.42. The highest BCUT2D eigenvalue weighted by molar-refractivity contribution is 6.33. The van der Waals surface area contributed by atoms with Crippen LogP contribution in [0.2, 0.25) is 5.02 Å². The van der Waals surface area contributed by atoms with Crippen molar-refractivity contribution in [2.75, 3.05) is 17.7 Å². The molecule has 0 fully saturated rings. The Morgan fingerprint density at radius 2 is 2.10 bits per heavy atom. The molecule has 2 aromatic carbocycles. The highest BCUT2D eigenvalue weighted by Gasteiger charge is 2.15. The van der Waals surface area contributed by atoms with Crippen molar-refractivity contribution in [1.29, 1.82) is 0 Å². The van der Waals surface area contributed by atoms with E-state index in [1.54, 1.807) is 24.3 Å². The average molecular weight is 289 g/mol. The summed E-state index contributed by atoms with van der Waals surface area (Å²) in [5.74, 6) is 0.678. The molecule has 0 saturated heterocycles. The van der Waals surface area contributed by atoms with Crippen LogP contribution in [0, 0.1) is 0 Å². The van der Waals surface area contributed by atoms with Crippen molar-refractivity contribution in [3.63, 3.8) is 0 Å². The molecule has 5 heteroatoms. The van der Waals surface area contributed by atoms with Gasteiger partial charge in [0.2, 0.25) is 0 Å². The summed E-state index contributed by atoms with van der Waals surface area (Å²) >= 11 is 5.93. The lowest BCUT2D eigenvalue weighted by molar-refractivity contribution is 0.102. The van der Waals surface area contributed by atoms with Gasteiger partial charge < -0.3 is 15.8 Å². The zero-order valence-corrected chi connectivity index (χ0v) is 11.4. The number of carbonyl (C=O) groups is 1. The molecule has 4 nitrogen and oxygen atoms in total. The Hall–Kier alpha value is -2.20. The van der Waals surface area contributed by atoms with Gasteiger partial charge in [-0.25, -0.2) is 0 Å². The van der Waals surface area contributed by atoms with Crippen LogP contribution in [0.4, 0.5) is 11.4 Å². The molecular formula is C15H13ClN2O2. The van der Waals surface area contributed by atoms with Crippen LogP contribution in [0.3, 0.4) is 0 Å². The van der Waals surface area contributed by atoms with Crippen LogP contribution in [0.5, 0.6) is 5.75 Å². The summed E-state index contributed by atoms with van der Waals surface area (Å²) in [7, 11) is 0. The Balaban J connectivity index is 1.80. The molecule has 0 atom stereocenters. The van der Waals surface area contributed by atoms with Gasteiger partial charge in [-0.2, -0.15) is 0 Å². The summed E-state index contributed by atoms with van der Waals surface area (Å²) in [5.41, 5.74) is 8.40. The largest absolute Gasteiger partial charge is 0.493 e. The molecule has 0 aromatic heterocycles. The minimum Gasteiger partial charge on any atom is -0.493 e. The summed E-state index contributed by atoms with van der Waals surface area (Å²) in [4.78, 5) is 12.2. The number of hydrogen-bond acceptors (Lipinski definition) is 3. The van der Waals surface area contributed by atoms with E-state index in [1.165, 1.54) is 0 Å². The SMILES string of the molecule is Nc1ccc(NC(=O)c2ccc3c(c2)CCO3)cc1Cl. The van der Waals surface area contributed by atoms with Gasteiger partial charge >= 0.3 is 0 Å². The molecule has 0 bridgehead atoms. The minimum absolute atomic E-state index is 0.180. The molecule has 0 unspecified atom stereocenters. The Bertz CT molecular complexity index is 686. The number of anilines is 2. The van der Waals surface area contributed by atoms with Crippen molar-refractivity contribution in [2.24, 2.45) is 0 Å². The highest BCUT2D eigenvalue weighted by Crippen LogP contribution is 2.27. The van der Waals surface area contributed by atoms with E-state index in [9.17, 15) is 4.79 Å². The average Bonchev–Trinajstić information content (AvgIpc) is 2.90. The Morgan fingerprint density at radius 1 is 1.25 bits per heavy atom. The Morgan fingerprint density at radius 3 is 2.90 bits per heavy atom. The summed E-state index contributed by atoms with van der Waals surface area (Å²) in [6.07, 6.45) is 0.837. The first kappa shape index (κ1) is 12.8. The monoisotopic (exact) mass is 288 g/mol. The van der Waals surface area contributed by atoms with E-state index in [2.05, 4.69) is 5.32 Å². The van der Waals surface area contributed by atoms with Crippen LogP contribution in [-0.2, 0) is 6.42 Å². The van der Waals surface area contributed by atoms with Crippen LogP contribution in [0.25, 0.3) is 0 Å². The van der Waals surface area contributed by atoms with E-state index in [0.29, 0.717) is 28.6 Å². The third-order valence-electron chi connectivity index (χ3n) is 3.21. The van der Waals surface area contributed by atoms with E-state index in [1.807, 2.05) is 12.1 Å². The number of amides is 1. The van der Waals surface area contributed by atoms with Crippen molar-refractivity contribution < 1.29 is 9.53 Å². The highest BCUT2D eigenvalue weighted by atomic mass is 35.5. The van der Waals surface area contributed by atoms with Gasteiger partial charge in [-0.05, 0) is 42.0 Å². The second-order valence-corrected chi connectivity index (χ2v) is 5.02. The van der Waals surface area contributed by atoms with Crippen molar-refractivity contribution >= 4 is 28.9 Å². The molecule has 102 valence electrons. The molecule has 0 radical (unpaired) electrons. The van der Waals surface area contributed by atoms with Gasteiger partial charge in [0.25, 0.3) is 5.91 Å². The molecule has 0 saturated carbocycles. The molecule has 0 aliphatic carbocycles. The lowest BCUT2D eigenvalue weighted by Gasteiger charge is -2.08. The van der Waals surface area contributed by atoms with Gasteiger partial charge in [0.15, 0.2) is 0 Å². The zero-order chi connectivity index (χ0) is 14.1. The molecule has 3 N–H and O–H groups in total. The first-order valence-electron chi connectivity index (χ1n) is 6.25. The number of carbonyl (C=O) groups excluding carboxylic acids is 1. The normalized spacial score (nSPS) is 12.7. The van der Waals surface area contributed by atoms with Crippen LogP contribution >= 0.6 is 11.6 Å². The fourth-order valence-corrected chi connectivity index (χ4v) is 2.32. The fraction of sp³-hybridized carbons (Fsp3) is 0.133. The molecule has 20 heavy (non-hydrogen) atoms. The number of hydrogen-bond donors (Lipinski definition) is 2. The van der Waals surface area contributed by atoms with Crippen molar-refractivity contribution in [3.05, 3.63) is 52.5 Å². The summed E-state index contributed by atoms with van der Waals surface area (Å²) < 4.78 is 5.42. The van der Waals surface area contributed by atoms with E-state index in [0.717, 1.165) is 17.7 Å². The minimum atomic E-state index is -0.180. The van der Waals surface area contributed by atoms with Crippen LogP contribution < -0.4 is 15.8 Å². The summed E-state index contributed by atoms with van der Waals surface area (Å²) in [6, 6.07) is 10.4. The molecule has 0 spiro atoms. The molecule has 1 aliphatic rings. The lowest BCUT2D eigenvalue weighted by Crippen LogP contribution is -2.12. The second kappa shape index (κ2) is 5.06. The van der Waals surface area contributed by atoms with Crippen molar-refractivity contribution in [2.45, 2.75) is 6.42 Å². The van der Waals surface area contributed by atoms with E-state index in [-0.39, 0.29) is 5.91 Å². The van der Waals surface area contributed by atoms with E-state index >= 15 is 0 Å². The lowest BCUT2D eigenvalue weighted by atomic mass is 10.1. The number of halogens is 1. The van der Waals surface area contributed by atoms with Gasteiger partial charge in [-0.1, -0.05) is 11.6 Å². The van der Waals surface area contributed by atoms with Crippen LogP contribution in [-0.4, -0.2) is 12.5 Å². The van der Waals surface area contributed by atoms with Gasteiger partial charge in [0, 0.05) is 17.7 Å². The number of nitrogens with two attached hydrogens (primary N) is 1. The number of ether oxygens (including phenoxy) is 1. The van der Waals surface area contributed by atoms with Gasteiger partial charge in [0.1, 0.15) is 5.75 Å². The van der Waals surface area contributed by atoms with Gasteiger partial charge in [0.05, 0.1) is 17.3 Å². The third-order valence-corrected chi connectivity index (χ3v) is 3.54. The standard InChI is InChI=1S/C15H13ClN2O2/c16-12-8-11(2-3-13(12)17)18-15(19)10-1-4-14-9(7-10)5-6-20-14/h1-4,7-8H,5-6,17H2,(H,18,19). The predicted molar refractivity (Wildman–Crippen MR) is 79.5 cm³/mol. The number of nitrogens with one attached hydrogen (secondary N) is 1. The maximum atomic E-state index is 12.2. The number of nitrogen functional groups attached to an aromatic ring is 1. The van der Waals surface area contributed by atoms with Crippen molar-refractivity contribution in [1.82, 2.24) is 0 Å². The molecule has 1 aliphatic heterocycles. The number of fused-ring (bicyclic) bond motifs is 1. The van der Waals surface area contributed by atoms with Crippen LogP contribution in [0.15, 0.2) is 36.4 Å². The maximum Gasteiger partial charge on any atom is 0.255 e. The summed E-state index contributed by atoms with van der Waals surface area (Å²) in [6.45, 7) is 0.675. The topological polar surface area (TPSA) is 64.3 Å². The quantitative estimate of drug-likeness (QED) is 0.835. The Labute approximate surface area is 121 Å². The first-order chi connectivity index (χ1) is 9.63. The van der Waals surface area contributed by atoms with E-state index < -0.39 is 0 Å². The predicted octanol–water partition coefficient (Wildman–Crippen LogP) is 3.11. The molecule has 1 heterocycles. The fourth-order valence-electron chi connectivity index (χ4n) is 2.14. The number of rotatable bonds is 2. The summed E-state index contributed by atoms with van der Waals surface area (Å²) in [5, 5.41) is 3.22. The first-order valence-corrected chi connectivity index (χ1v) is 6.63.